The normalized spacial score (nSPS) is 18.8. The van der Waals surface area contributed by atoms with Gasteiger partial charge in [0.1, 0.15) is 11.9 Å². The molecule has 0 radical (unpaired) electrons. The molecule has 2 heterocycles. The van der Waals surface area contributed by atoms with E-state index in [9.17, 15) is 18.0 Å². The quantitative estimate of drug-likeness (QED) is 0.843. The molecular formula is C17H22N4O4S. The summed E-state index contributed by atoms with van der Waals surface area (Å²) in [5.41, 5.74) is 0.296. The zero-order chi connectivity index (χ0) is 18.9. The van der Waals surface area contributed by atoms with Crippen molar-refractivity contribution in [2.45, 2.75) is 31.8 Å². The topological polar surface area (TPSA) is 103 Å². The van der Waals surface area contributed by atoms with Crippen LogP contribution in [0.1, 0.15) is 25.1 Å². The van der Waals surface area contributed by atoms with E-state index in [0.29, 0.717) is 29.7 Å². The maximum Gasteiger partial charge on any atom is 0.258 e. The number of para-hydroxylation sites is 1. The molecule has 1 fully saturated rings. The minimum atomic E-state index is -3.45. The highest BCUT2D eigenvalue weighted by atomic mass is 32.2. The lowest BCUT2D eigenvalue weighted by molar-refractivity contribution is -0.135. The summed E-state index contributed by atoms with van der Waals surface area (Å²) in [6, 6.07) is 6.28. The van der Waals surface area contributed by atoms with E-state index in [1.165, 1.54) is 9.21 Å². The van der Waals surface area contributed by atoms with E-state index in [1.807, 2.05) is 0 Å². The lowest BCUT2D eigenvalue weighted by Crippen LogP contribution is -2.51. The molecule has 1 N–H and O–H groups in total. The Bertz CT molecular complexity index is 986. The van der Waals surface area contributed by atoms with Gasteiger partial charge in [-0.1, -0.05) is 18.6 Å². The third kappa shape index (κ3) is 3.78. The Morgan fingerprint density at radius 1 is 1.35 bits per heavy atom. The SMILES string of the molecule is CN(Cc1nc2ccccc2c(=O)[nH]1)C(=O)[C@@H]1CCCCN1S(C)(=O)=O. The average molecular weight is 378 g/mol. The van der Waals surface area contributed by atoms with E-state index in [-0.39, 0.29) is 18.0 Å². The molecule has 0 spiro atoms. The molecule has 1 saturated heterocycles. The van der Waals surface area contributed by atoms with E-state index >= 15 is 0 Å². The first-order valence-electron chi connectivity index (χ1n) is 8.47. The summed E-state index contributed by atoms with van der Waals surface area (Å²) in [6.45, 7) is 0.459. The Kier molecular flexibility index (Phi) is 5.10. The molecule has 1 aliphatic rings. The molecule has 1 aromatic carbocycles. The largest absolute Gasteiger partial charge is 0.337 e. The van der Waals surface area contributed by atoms with Gasteiger partial charge in [-0.25, -0.2) is 13.4 Å². The second-order valence-electron chi connectivity index (χ2n) is 6.61. The number of amides is 1. The van der Waals surface area contributed by atoms with Gasteiger partial charge in [-0.15, -0.1) is 0 Å². The number of hydrogen-bond donors (Lipinski definition) is 1. The van der Waals surface area contributed by atoms with Crippen LogP contribution in [-0.4, -0.2) is 59.4 Å². The predicted octanol–water partition coefficient (Wildman–Crippen LogP) is 0.696. The summed E-state index contributed by atoms with van der Waals surface area (Å²) in [5, 5.41) is 0.487. The van der Waals surface area contributed by atoms with Crippen molar-refractivity contribution in [3.63, 3.8) is 0 Å². The van der Waals surface area contributed by atoms with Crippen LogP contribution in [0, 0.1) is 0 Å². The number of rotatable bonds is 4. The summed E-state index contributed by atoms with van der Waals surface area (Å²) < 4.78 is 25.2. The first-order valence-corrected chi connectivity index (χ1v) is 10.3. The van der Waals surface area contributed by atoms with Crippen molar-refractivity contribution < 1.29 is 13.2 Å². The molecule has 2 aromatic rings. The van der Waals surface area contributed by atoms with E-state index in [0.717, 1.165) is 19.1 Å². The lowest BCUT2D eigenvalue weighted by atomic mass is 10.0. The highest BCUT2D eigenvalue weighted by Gasteiger charge is 2.36. The van der Waals surface area contributed by atoms with Crippen molar-refractivity contribution in [1.82, 2.24) is 19.2 Å². The standard InChI is InChI=1S/C17H22N4O4S/c1-20(17(23)14-9-5-6-10-21(14)26(2,24)25)11-15-18-13-8-4-3-7-12(13)16(22)19-15/h3-4,7-8,14H,5-6,9-11H2,1-2H3,(H,18,19,22)/t14-/m0/s1. The first-order chi connectivity index (χ1) is 12.3. The molecule has 140 valence electrons. The highest BCUT2D eigenvalue weighted by Crippen LogP contribution is 2.21. The number of carbonyl (C=O) groups excluding carboxylic acids is 1. The number of sulfonamides is 1. The van der Waals surface area contributed by atoms with Gasteiger partial charge in [-0.3, -0.25) is 9.59 Å². The molecule has 8 nitrogen and oxygen atoms in total. The fourth-order valence-corrected chi connectivity index (χ4v) is 4.43. The van der Waals surface area contributed by atoms with Gasteiger partial charge in [0.25, 0.3) is 5.56 Å². The number of aromatic amines is 1. The minimum Gasteiger partial charge on any atom is -0.337 e. The summed E-state index contributed by atoms with van der Waals surface area (Å²) in [7, 11) is -1.86. The Labute approximate surface area is 151 Å². The third-order valence-electron chi connectivity index (χ3n) is 4.59. The molecule has 0 unspecified atom stereocenters. The van der Waals surface area contributed by atoms with Crippen molar-refractivity contribution in [3.05, 3.63) is 40.4 Å². The van der Waals surface area contributed by atoms with Crippen molar-refractivity contribution >= 4 is 26.8 Å². The van der Waals surface area contributed by atoms with Crippen LogP contribution in [-0.2, 0) is 21.4 Å². The number of H-pyrrole nitrogens is 1. The maximum absolute atomic E-state index is 12.8. The number of piperidine rings is 1. The van der Waals surface area contributed by atoms with Gasteiger partial charge in [-0.2, -0.15) is 4.31 Å². The van der Waals surface area contributed by atoms with Gasteiger partial charge in [0.05, 0.1) is 23.7 Å². The van der Waals surface area contributed by atoms with Crippen LogP contribution < -0.4 is 5.56 Å². The Hall–Kier alpha value is -2.26. The number of hydrogen-bond acceptors (Lipinski definition) is 5. The molecule has 0 bridgehead atoms. The van der Waals surface area contributed by atoms with Crippen LogP contribution >= 0.6 is 0 Å². The number of likely N-dealkylation sites (N-methyl/N-ethyl adjacent to an activating group) is 1. The molecule has 1 amide bonds. The number of fused-ring (bicyclic) bond motifs is 1. The van der Waals surface area contributed by atoms with Crippen molar-refractivity contribution in [2.75, 3.05) is 19.8 Å². The molecule has 3 rings (SSSR count). The smallest absolute Gasteiger partial charge is 0.258 e. The molecular weight excluding hydrogens is 356 g/mol. The zero-order valence-electron chi connectivity index (χ0n) is 14.8. The predicted molar refractivity (Wildman–Crippen MR) is 98.0 cm³/mol. The fourth-order valence-electron chi connectivity index (χ4n) is 3.32. The first kappa shape index (κ1) is 18.5. The minimum absolute atomic E-state index is 0.104. The molecule has 0 aliphatic carbocycles. The fraction of sp³-hybridized carbons (Fsp3) is 0.471. The number of nitrogens with one attached hydrogen (secondary N) is 1. The van der Waals surface area contributed by atoms with E-state index in [4.69, 9.17) is 0 Å². The van der Waals surface area contributed by atoms with E-state index in [1.54, 1.807) is 31.3 Å². The zero-order valence-corrected chi connectivity index (χ0v) is 15.6. The Morgan fingerprint density at radius 3 is 2.81 bits per heavy atom. The van der Waals surface area contributed by atoms with Crippen molar-refractivity contribution in [2.24, 2.45) is 0 Å². The Morgan fingerprint density at radius 2 is 2.08 bits per heavy atom. The van der Waals surface area contributed by atoms with Crippen molar-refractivity contribution in [1.29, 1.82) is 0 Å². The van der Waals surface area contributed by atoms with Gasteiger partial charge in [0, 0.05) is 13.6 Å². The third-order valence-corrected chi connectivity index (χ3v) is 5.88. The summed E-state index contributed by atoms with van der Waals surface area (Å²) in [5.74, 6) is 0.0807. The molecule has 1 aromatic heterocycles. The summed E-state index contributed by atoms with van der Waals surface area (Å²) in [4.78, 5) is 33.5. The number of carbonyl (C=O) groups is 1. The van der Waals surface area contributed by atoms with Crippen LogP contribution in [0.2, 0.25) is 0 Å². The number of benzene rings is 1. The second kappa shape index (κ2) is 7.16. The number of aromatic nitrogens is 2. The van der Waals surface area contributed by atoms with E-state index < -0.39 is 16.1 Å². The summed E-state index contributed by atoms with van der Waals surface area (Å²) in [6.07, 6.45) is 3.18. The van der Waals surface area contributed by atoms with Crippen LogP contribution in [0.25, 0.3) is 10.9 Å². The van der Waals surface area contributed by atoms with E-state index in [2.05, 4.69) is 9.97 Å². The maximum atomic E-state index is 12.8. The highest BCUT2D eigenvalue weighted by molar-refractivity contribution is 7.88. The van der Waals surface area contributed by atoms with Gasteiger partial charge in [0.2, 0.25) is 15.9 Å². The van der Waals surface area contributed by atoms with Crippen LogP contribution in [0.3, 0.4) is 0 Å². The van der Waals surface area contributed by atoms with Gasteiger partial charge in [0.15, 0.2) is 0 Å². The second-order valence-corrected chi connectivity index (χ2v) is 8.54. The summed E-state index contributed by atoms with van der Waals surface area (Å²) >= 11 is 0. The molecule has 26 heavy (non-hydrogen) atoms. The van der Waals surface area contributed by atoms with Crippen LogP contribution in [0.4, 0.5) is 0 Å². The van der Waals surface area contributed by atoms with Gasteiger partial charge in [-0.05, 0) is 25.0 Å². The molecule has 9 heteroatoms. The lowest BCUT2D eigenvalue weighted by Gasteiger charge is -2.34. The van der Waals surface area contributed by atoms with Crippen LogP contribution in [0.15, 0.2) is 29.1 Å². The van der Waals surface area contributed by atoms with Crippen molar-refractivity contribution in [3.8, 4) is 0 Å². The Balaban J connectivity index is 1.82. The van der Waals surface area contributed by atoms with Gasteiger partial charge >= 0.3 is 0 Å². The number of nitrogens with zero attached hydrogens (tertiary/aromatic N) is 3. The monoisotopic (exact) mass is 378 g/mol. The van der Waals surface area contributed by atoms with Gasteiger partial charge < -0.3 is 9.88 Å². The molecule has 1 atom stereocenters. The molecule has 1 aliphatic heterocycles. The molecule has 0 saturated carbocycles. The average Bonchev–Trinajstić information content (AvgIpc) is 2.60. The van der Waals surface area contributed by atoms with Crippen LogP contribution in [0.5, 0.6) is 0 Å².